The van der Waals surface area contributed by atoms with Gasteiger partial charge in [-0.15, -0.1) is 24.0 Å². The second-order valence-electron chi connectivity index (χ2n) is 7.94. The lowest BCUT2D eigenvalue weighted by Gasteiger charge is -2.37. The van der Waals surface area contributed by atoms with E-state index in [2.05, 4.69) is 34.0 Å². The fourth-order valence-corrected chi connectivity index (χ4v) is 4.31. The van der Waals surface area contributed by atoms with E-state index in [9.17, 15) is 4.79 Å². The molecule has 8 heteroatoms. The summed E-state index contributed by atoms with van der Waals surface area (Å²) in [4.78, 5) is 23.4. The first-order valence-corrected chi connectivity index (χ1v) is 10.1. The number of likely N-dealkylation sites (tertiary alicyclic amines) is 1. The highest BCUT2D eigenvalue weighted by Crippen LogP contribution is 2.20. The highest BCUT2D eigenvalue weighted by molar-refractivity contribution is 14.0. The number of piperidine rings is 1. The number of piperazine rings is 1. The Hall–Kier alpha value is -1.29. The van der Waals surface area contributed by atoms with Gasteiger partial charge in [-0.3, -0.25) is 9.79 Å². The second kappa shape index (κ2) is 11.0. The molecular formula is C20H34IN5O2. The largest absolute Gasteiger partial charge is 0.459 e. The summed E-state index contributed by atoms with van der Waals surface area (Å²) in [6, 6.07) is 3.47. The van der Waals surface area contributed by atoms with Crippen molar-refractivity contribution in [2.75, 3.05) is 59.4 Å². The average molecular weight is 503 g/mol. The van der Waals surface area contributed by atoms with E-state index in [1.165, 1.54) is 19.5 Å². The minimum atomic E-state index is -0.0315. The summed E-state index contributed by atoms with van der Waals surface area (Å²) in [6.07, 6.45) is 2.88. The first-order valence-electron chi connectivity index (χ1n) is 10.1. The quantitative estimate of drug-likeness (QED) is 0.388. The lowest BCUT2D eigenvalue weighted by Crippen LogP contribution is -2.54. The Morgan fingerprint density at radius 3 is 2.39 bits per heavy atom. The number of furan rings is 1. The topological polar surface area (TPSA) is 64.3 Å². The van der Waals surface area contributed by atoms with Crippen molar-refractivity contribution in [3.63, 3.8) is 0 Å². The highest BCUT2D eigenvalue weighted by Gasteiger charge is 2.25. The molecule has 0 spiro atoms. The Balaban J connectivity index is 0.00000280. The first-order chi connectivity index (χ1) is 13.1. The zero-order valence-electron chi connectivity index (χ0n) is 17.3. The molecule has 2 aliphatic rings. The molecule has 28 heavy (non-hydrogen) atoms. The van der Waals surface area contributed by atoms with Gasteiger partial charge < -0.3 is 24.4 Å². The van der Waals surface area contributed by atoms with Gasteiger partial charge in [-0.1, -0.05) is 13.8 Å². The lowest BCUT2D eigenvalue weighted by atomic mass is 9.92. The monoisotopic (exact) mass is 503 g/mol. The number of carbonyl (C=O) groups excluding carboxylic acids is 1. The number of amides is 1. The van der Waals surface area contributed by atoms with Crippen LogP contribution in [-0.4, -0.2) is 86.0 Å². The number of hydrogen-bond acceptors (Lipinski definition) is 4. The van der Waals surface area contributed by atoms with E-state index in [1.807, 2.05) is 11.9 Å². The van der Waals surface area contributed by atoms with Crippen molar-refractivity contribution in [2.24, 2.45) is 16.8 Å². The number of hydrogen-bond donors (Lipinski definition) is 1. The van der Waals surface area contributed by atoms with E-state index in [0.29, 0.717) is 18.8 Å². The molecule has 0 aliphatic carbocycles. The fourth-order valence-electron chi connectivity index (χ4n) is 4.31. The van der Waals surface area contributed by atoms with Gasteiger partial charge in [0.25, 0.3) is 5.91 Å². The molecular weight excluding hydrogens is 469 g/mol. The van der Waals surface area contributed by atoms with Gasteiger partial charge in [-0.05, 0) is 30.4 Å². The van der Waals surface area contributed by atoms with Crippen molar-refractivity contribution in [3.05, 3.63) is 24.2 Å². The maximum atomic E-state index is 12.4. The molecule has 2 saturated heterocycles. The van der Waals surface area contributed by atoms with Crippen LogP contribution in [-0.2, 0) is 0 Å². The van der Waals surface area contributed by atoms with Crippen LogP contribution in [0.3, 0.4) is 0 Å². The molecule has 158 valence electrons. The van der Waals surface area contributed by atoms with Crippen LogP contribution >= 0.6 is 24.0 Å². The number of rotatable bonds is 4. The van der Waals surface area contributed by atoms with Crippen LogP contribution in [0.2, 0.25) is 0 Å². The Kier molecular flexibility index (Phi) is 9.07. The van der Waals surface area contributed by atoms with Crippen molar-refractivity contribution in [2.45, 2.75) is 20.3 Å². The van der Waals surface area contributed by atoms with Gasteiger partial charge in [0.15, 0.2) is 11.7 Å². The molecule has 7 nitrogen and oxygen atoms in total. The van der Waals surface area contributed by atoms with Crippen LogP contribution in [0.25, 0.3) is 0 Å². The number of nitrogens with one attached hydrogen (secondary N) is 1. The number of halogens is 1. The van der Waals surface area contributed by atoms with E-state index >= 15 is 0 Å². The molecule has 3 rings (SSSR count). The predicted molar refractivity (Wildman–Crippen MR) is 122 cm³/mol. The summed E-state index contributed by atoms with van der Waals surface area (Å²) < 4.78 is 5.22. The molecule has 2 fully saturated rings. The van der Waals surface area contributed by atoms with Crippen molar-refractivity contribution >= 4 is 35.8 Å². The SMILES string of the molecule is CN=C(NCCN1CC(C)CC(C)C1)N1CCN(C(=O)c2ccco2)CC1.I. The highest BCUT2D eigenvalue weighted by atomic mass is 127. The number of carbonyl (C=O) groups is 1. The van der Waals surface area contributed by atoms with Gasteiger partial charge in [-0.2, -0.15) is 0 Å². The molecule has 0 aromatic carbocycles. The van der Waals surface area contributed by atoms with Crippen molar-refractivity contribution < 1.29 is 9.21 Å². The minimum absolute atomic E-state index is 0. The van der Waals surface area contributed by atoms with Crippen molar-refractivity contribution in [1.29, 1.82) is 0 Å². The Bertz CT molecular complexity index is 619. The summed E-state index contributed by atoms with van der Waals surface area (Å²) in [7, 11) is 1.83. The molecule has 2 aliphatic heterocycles. The average Bonchev–Trinajstić information content (AvgIpc) is 3.19. The lowest BCUT2D eigenvalue weighted by molar-refractivity contribution is 0.0657. The van der Waals surface area contributed by atoms with Gasteiger partial charge in [0, 0.05) is 59.4 Å². The van der Waals surface area contributed by atoms with Crippen LogP contribution in [0.1, 0.15) is 30.8 Å². The summed E-state index contributed by atoms with van der Waals surface area (Å²) >= 11 is 0. The maximum absolute atomic E-state index is 12.4. The first kappa shape index (κ1) is 23.0. The van der Waals surface area contributed by atoms with Gasteiger partial charge in [0.1, 0.15) is 0 Å². The molecule has 0 bridgehead atoms. The third-order valence-corrected chi connectivity index (χ3v) is 5.47. The second-order valence-corrected chi connectivity index (χ2v) is 7.94. The Morgan fingerprint density at radius 1 is 1.18 bits per heavy atom. The van der Waals surface area contributed by atoms with Crippen LogP contribution < -0.4 is 5.32 Å². The van der Waals surface area contributed by atoms with Crippen LogP contribution in [0.5, 0.6) is 0 Å². The molecule has 1 aromatic heterocycles. The molecule has 1 N–H and O–H groups in total. The van der Waals surface area contributed by atoms with Crippen LogP contribution in [0, 0.1) is 11.8 Å². The number of nitrogens with zero attached hydrogens (tertiary/aromatic N) is 4. The zero-order chi connectivity index (χ0) is 19.2. The standard InChI is InChI=1S/C20H33N5O2.HI/c1-16-13-17(2)15-23(14-16)7-6-22-20(21-3)25-10-8-24(9-11-25)19(26)18-5-4-12-27-18;/h4-5,12,16-17H,6-11,13-15H2,1-3H3,(H,21,22);1H. The summed E-state index contributed by atoms with van der Waals surface area (Å²) in [5.74, 6) is 2.88. The summed E-state index contributed by atoms with van der Waals surface area (Å²) in [5.41, 5.74) is 0. The minimum Gasteiger partial charge on any atom is -0.459 e. The van der Waals surface area contributed by atoms with Gasteiger partial charge in [0.2, 0.25) is 0 Å². The molecule has 2 unspecified atom stereocenters. The molecule has 2 atom stereocenters. The normalized spacial score (nSPS) is 24.0. The number of aliphatic imine (C=N–C) groups is 1. The van der Waals surface area contributed by atoms with E-state index in [0.717, 1.165) is 44.0 Å². The molecule has 3 heterocycles. The molecule has 1 aromatic rings. The zero-order valence-corrected chi connectivity index (χ0v) is 19.6. The van der Waals surface area contributed by atoms with E-state index in [4.69, 9.17) is 4.42 Å². The molecule has 0 saturated carbocycles. The van der Waals surface area contributed by atoms with E-state index < -0.39 is 0 Å². The van der Waals surface area contributed by atoms with Gasteiger partial charge in [-0.25, -0.2) is 0 Å². The summed E-state index contributed by atoms with van der Waals surface area (Å²) in [5, 5.41) is 3.50. The fraction of sp³-hybridized carbons (Fsp3) is 0.700. The molecule has 1 amide bonds. The Labute approximate surface area is 185 Å². The van der Waals surface area contributed by atoms with Crippen molar-refractivity contribution in [3.8, 4) is 0 Å². The van der Waals surface area contributed by atoms with Crippen LogP contribution in [0.4, 0.5) is 0 Å². The van der Waals surface area contributed by atoms with E-state index in [-0.39, 0.29) is 29.9 Å². The van der Waals surface area contributed by atoms with Gasteiger partial charge in [0.05, 0.1) is 6.26 Å². The third kappa shape index (κ3) is 6.10. The van der Waals surface area contributed by atoms with Gasteiger partial charge >= 0.3 is 0 Å². The smallest absolute Gasteiger partial charge is 0.289 e. The van der Waals surface area contributed by atoms with Crippen LogP contribution in [0.15, 0.2) is 27.8 Å². The van der Waals surface area contributed by atoms with Crippen molar-refractivity contribution in [1.82, 2.24) is 20.0 Å². The van der Waals surface area contributed by atoms with E-state index in [1.54, 1.807) is 18.4 Å². The summed E-state index contributed by atoms with van der Waals surface area (Å²) in [6.45, 7) is 12.0. The Morgan fingerprint density at radius 2 is 1.82 bits per heavy atom. The number of guanidine groups is 1. The molecule has 0 radical (unpaired) electrons. The predicted octanol–water partition coefficient (Wildman–Crippen LogP) is 2.21. The maximum Gasteiger partial charge on any atom is 0.289 e. The third-order valence-electron chi connectivity index (χ3n) is 5.47.